The molecular weight excluding hydrogens is 276 g/mol. The number of fused-ring (bicyclic) bond motifs is 1. The van der Waals surface area contributed by atoms with Crippen LogP contribution in [0, 0.1) is 5.92 Å². The lowest BCUT2D eigenvalue weighted by Crippen LogP contribution is -2.27. The van der Waals surface area contributed by atoms with Crippen LogP contribution in [-0.2, 0) is 16.0 Å². The van der Waals surface area contributed by atoms with Gasteiger partial charge < -0.3 is 10.5 Å². The zero-order valence-corrected chi connectivity index (χ0v) is 12.1. The van der Waals surface area contributed by atoms with E-state index in [1.807, 2.05) is 24.3 Å². The van der Waals surface area contributed by atoms with Crippen LogP contribution >= 0.6 is 11.6 Å². The van der Waals surface area contributed by atoms with Crippen molar-refractivity contribution in [1.82, 2.24) is 4.98 Å². The van der Waals surface area contributed by atoms with E-state index >= 15 is 0 Å². The van der Waals surface area contributed by atoms with E-state index in [1.54, 1.807) is 13.1 Å². The summed E-state index contributed by atoms with van der Waals surface area (Å²) in [4.78, 5) is 16.2. The summed E-state index contributed by atoms with van der Waals surface area (Å²) in [5, 5.41) is 1.53. The first-order valence-electron chi connectivity index (χ1n) is 6.56. The number of halogens is 1. The number of esters is 1. The molecule has 4 nitrogen and oxygen atoms in total. The van der Waals surface area contributed by atoms with Gasteiger partial charge in [-0.3, -0.25) is 9.78 Å². The Morgan fingerprint density at radius 2 is 2.25 bits per heavy atom. The van der Waals surface area contributed by atoms with Gasteiger partial charge in [0.1, 0.15) is 0 Å². The molecule has 2 aromatic rings. The number of nitrogens with two attached hydrogens (primary N) is 1. The van der Waals surface area contributed by atoms with Crippen LogP contribution in [0.5, 0.6) is 0 Å². The molecule has 5 heteroatoms. The van der Waals surface area contributed by atoms with Crippen molar-refractivity contribution >= 4 is 28.5 Å². The summed E-state index contributed by atoms with van der Waals surface area (Å²) in [6.07, 6.45) is 2.21. The van der Waals surface area contributed by atoms with Gasteiger partial charge in [0.2, 0.25) is 0 Å². The van der Waals surface area contributed by atoms with Gasteiger partial charge in [-0.25, -0.2) is 0 Å². The Bertz CT molecular complexity index is 616. The maximum atomic E-state index is 11.8. The molecule has 2 N–H and O–H groups in total. The number of pyridine rings is 1. The van der Waals surface area contributed by atoms with Gasteiger partial charge in [-0.2, -0.15) is 0 Å². The molecule has 1 aromatic heterocycles. The van der Waals surface area contributed by atoms with E-state index in [4.69, 9.17) is 22.1 Å². The van der Waals surface area contributed by atoms with E-state index < -0.39 is 0 Å². The first-order chi connectivity index (χ1) is 9.67. The van der Waals surface area contributed by atoms with Crippen LogP contribution < -0.4 is 5.73 Å². The lowest BCUT2D eigenvalue weighted by atomic mass is 9.97. The second-order valence-corrected chi connectivity index (χ2v) is 4.90. The van der Waals surface area contributed by atoms with Crippen LogP contribution in [0.25, 0.3) is 10.9 Å². The van der Waals surface area contributed by atoms with Crippen molar-refractivity contribution in [3.8, 4) is 0 Å². The van der Waals surface area contributed by atoms with Gasteiger partial charge in [-0.15, -0.1) is 0 Å². The third-order valence-corrected chi connectivity index (χ3v) is 3.50. The van der Waals surface area contributed by atoms with Gasteiger partial charge >= 0.3 is 5.97 Å². The van der Waals surface area contributed by atoms with E-state index in [2.05, 4.69) is 4.98 Å². The average Bonchev–Trinajstić information content (AvgIpc) is 2.47. The molecule has 0 aliphatic heterocycles. The molecule has 1 atom stereocenters. The lowest BCUT2D eigenvalue weighted by molar-refractivity contribution is -0.147. The maximum absolute atomic E-state index is 11.8. The molecule has 0 amide bonds. The summed E-state index contributed by atoms with van der Waals surface area (Å²) in [6.45, 7) is 2.38. The molecular formula is C15H17ClN2O2. The molecule has 1 unspecified atom stereocenters. The van der Waals surface area contributed by atoms with Crippen molar-refractivity contribution in [1.29, 1.82) is 0 Å². The highest BCUT2D eigenvalue weighted by atomic mass is 35.5. The van der Waals surface area contributed by atoms with Crippen molar-refractivity contribution < 1.29 is 9.53 Å². The number of aromatic nitrogens is 1. The van der Waals surface area contributed by atoms with Crippen molar-refractivity contribution in [2.45, 2.75) is 13.3 Å². The van der Waals surface area contributed by atoms with Gasteiger partial charge in [-0.05, 0) is 37.1 Å². The number of ether oxygens (including phenoxy) is 1. The minimum Gasteiger partial charge on any atom is -0.466 e. The van der Waals surface area contributed by atoms with E-state index in [9.17, 15) is 4.79 Å². The Hall–Kier alpha value is -1.65. The number of hydrogen-bond donors (Lipinski definition) is 1. The summed E-state index contributed by atoms with van der Waals surface area (Å²) in [7, 11) is 0. The molecule has 1 aromatic carbocycles. The molecule has 0 saturated carbocycles. The molecule has 0 bridgehead atoms. The van der Waals surface area contributed by atoms with Gasteiger partial charge in [0.15, 0.2) is 0 Å². The van der Waals surface area contributed by atoms with Gasteiger partial charge in [0.25, 0.3) is 0 Å². The fourth-order valence-electron chi connectivity index (χ4n) is 2.15. The standard InChI is InChI=1S/C15H17ClN2O2/c1-2-20-15(19)11(9-17)8-10-5-6-13(16)12-4-3-7-18-14(10)12/h3-7,11H,2,8-9,17H2,1H3. The third kappa shape index (κ3) is 3.08. The van der Waals surface area contributed by atoms with Crippen LogP contribution in [0.4, 0.5) is 0 Å². The molecule has 0 fully saturated rings. The topological polar surface area (TPSA) is 65.2 Å². The fraction of sp³-hybridized carbons (Fsp3) is 0.333. The molecule has 1 heterocycles. The van der Waals surface area contributed by atoms with E-state index in [1.165, 1.54) is 0 Å². The van der Waals surface area contributed by atoms with Crippen molar-refractivity contribution in [2.24, 2.45) is 11.7 Å². The van der Waals surface area contributed by atoms with Crippen molar-refractivity contribution in [2.75, 3.05) is 13.2 Å². The van der Waals surface area contributed by atoms with Crippen LogP contribution in [0.2, 0.25) is 5.02 Å². The summed E-state index contributed by atoms with van der Waals surface area (Å²) in [5.74, 6) is -0.629. The molecule has 0 radical (unpaired) electrons. The highest BCUT2D eigenvalue weighted by Crippen LogP contribution is 2.26. The van der Waals surface area contributed by atoms with Crippen molar-refractivity contribution in [3.63, 3.8) is 0 Å². The van der Waals surface area contributed by atoms with E-state index in [0.29, 0.717) is 18.1 Å². The number of hydrogen-bond acceptors (Lipinski definition) is 4. The SMILES string of the molecule is CCOC(=O)C(CN)Cc1ccc(Cl)c2cccnc12. The second kappa shape index (κ2) is 6.68. The highest BCUT2D eigenvalue weighted by molar-refractivity contribution is 6.35. The molecule has 0 aliphatic rings. The molecule has 0 spiro atoms. The third-order valence-electron chi connectivity index (χ3n) is 3.17. The first kappa shape index (κ1) is 14.8. The predicted octanol–water partition coefficient (Wildman–Crippen LogP) is 2.57. The van der Waals surface area contributed by atoms with Crippen LogP contribution in [0.3, 0.4) is 0 Å². The normalized spacial score (nSPS) is 12.3. The number of rotatable bonds is 5. The number of benzene rings is 1. The Balaban J connectivity index is 2.33. The average molecular weight is 293 g/mol. The first-order valence-corrected chi connectivity index (χ1v) is 6.94. The van der Waals surface area contributed by atoms with Crippen LogP contribution in [-0.4, -0.2) is 24.1 Å². The van der Waals surface area contributed by atoms with E-state index in [-0.39, 0.29) is 18.4 Å². The summed E-state index contributed by atoms with van der Waals surface area (Å²) in [6, 6.07) is 7.46. The zero-order chi connectivity index (χ0) is 14.5. The minimum atomic E-state index is -0.360. The van der Waals surface area contributed by atoms with Gasteiger partial charge in [0, 0.05) is 23.2 Å². The smallest absolute Gasteiger partial charge is 0.310 e. The quantitative estimate of drug-likeness (QED) is 0.860. The minimum absolute atomic E-state index is 0.246. The van der Waals surface area contributed by atoms with Gasteiger partial charge in [-0.1, -0.05) is 17.7 Å². The maximum Gasteiger partial charge on any atom is 0.310 e. The monoisotopic (exact) mass is 292 g/mol. The van der Waals surface area contributed by atoms with Crippen LogP contribution in [0.1, 0.15) is 12.5 Å². The number of carbonyl (C=O) groups is 1. The Labute approximate surface area is 122 Å². The van der Waals surface area contributed by atoms with Gasteiger partial charge in [0.05, 0.1) is 18.0 Å². The predicted molar refractivity (Wildman–Crippen MR) is 79.6 cm³/mol. The largest absolute Gasteiger partial charge is 0.466 e. The Morgan fingerprint density at radius 1 is 1.45 bits per heavy atom. The highest BCUT2D eigenvalue weighted by Gasteiger charge is 2.20. The lowest BCUT2D eigenvalue weighted by Gasteiger charge is -2.14. The number of carbonyl (C=O) groups excluding carboxylic acids is 1. The Kier molecular flexibility index (Phi) is 4.93. The Morgan fingerprint density at radius 3 is 2.95 bits per heavy atom. The summed E-state index contributed by atoms with van der Waals surface area (Å²) in [5.41, 5.74) is 7.44. The summed E-state index contributed by atoms with van der Waals surface area (Å²) < 4.78 is 5.04. The van der Waals surface area contributed by atoms with Crippen molar-refractivity contribution in [3.05, 3.63) is 41.0 Å². The second-order valence-electron chi connectivity index (χ2n) is 4.49. The fourth-order valence-corrected chi connectivity index (χ4v) is 2.37. The summed E-state index contributed by atoms with van der Waals surface area (Å²) >= 11 is 6.16. The molecule has 2 rings (SSSR count). The van der Waals surface area contributed by atoms with E-state index in [0.717, 1.165) is 16.5 Å². The molecule has 106 valence electrons. The molecule has 0 aliphatic carbocycles. The molecule has 20 heavy (non-hydrogen) atoms. The zero-order valence-electron chi connectivity index (χ0n) is 11.3. The number of nitrogens with zero attached hydrogens (tertiary/aromatic N) is 1. The molecule has 0 saturated heterocycles. The van der Waals surface area contributed by atoms with Crippen LogP contribution in [0.15, 0.2) is 30.5 Å².